The van der Waals surface area contributed by atoms with Crippen LogP contribution in [0.4, 0.5) is 5.69 Å². The van der Waals surface area contributed by atoms with Gasteiger partial charge >= 0.3 is 0 Å². The number of benzene rings is 1. The molecular weight excluding hydrogens is 208 g/mol. The Morgan fingerprint density at radius 3 is 2.40 bits per heavy atom. The molecule has 1 aromatic rings. The lowest BCUT2D eigenvalue weighted by atomic mass is 10.2. The molecule has 0 saturated carbocycles. The van der Waals surface area contributed by atoms with Crippen molar-refractivity contribution in [3.05, 3.63) is 24.3 Å². The summed E-state index contributed by atoms with van der Waals surface area (Å²) in [6.07, 6.45) is 1.00. The SMILES string of the molecule is CCCN(C(N)=S)c1ccc(OC)cc1. The van der Waals surface area contributed by atoms with Gasteiger partial charge in [0.25, 0.3) is 0 Å². The van der Waals surface area contributed by atoms with E-state index < -0.39 is 0 Å². The lowest BCUT2D eigenvalue weighted by molar-refractivity contribution is 0.415. The Bertz CT molecular complexity index is 324. The molecule has 1 aromatic carbocycles. The molecule has 1 rings (SSSR count). The van der Waals surface area contributed by atoms with Crippen molar-refractivity contribution in [3.8, 4) is 5.75 Å². The van der Waals surface area contributed by atoms with Gasteiger partial charge < -0.3 is 15.4 Å². The van der Waals surface area contributed by atoms with Crippen LogP contribution >= 0.6 is 12.2 Å². The number of thiocarbonyl (C=S) groups is 1. The zero-order chi connectivity index (χ0) is 11.3. The fourth-order valence-electron chi connectivity index (χ4n) is 1.35. The Balaban J connectivity index is 2.86. The smallest absolute Gasteiger partial charge is 0.170 e. The van der Waals surface area contributed by atoms with Crippen LogP contribution in [0.25, 0.3) is 0 Å². The third-order valence-corrected chi connectivity index (χ3v) is 2.32. The van der Waals surface area contributed by atoms with Gasteiger partial charge in [-0.3, -0.25) is 0 Å². The van der Waals surface area contributed by atoms with Gasteiger partial charge in [-0.1, -0.05) is 6.92 Å². The average molecular weight is 224 g/mol. The van der Waals surface area contributed by atoms with E-state index in [4.69, 9.17) is 22.7 Å². The van der Waals surface area contributed by atoms with Crippen molar-refractivity contribution in [1.29, 1.82) is 0 Å². The molecule has 0 saturated heterocycles. The summed E-state index contributed by atoms with van der Waals surface area (Å²) in [5.41, 5.74) is 6.66. The van der Waals surface area contributed by atoms with E-state index in [1.54, 1.807) is 7.11 Å². The highest BCUT2D eigenvalue weighted by molar-refractivity contribution is 7.80. The number of ether oxygens (including phenoxy) is 1. The van der Waals surface area contributed by atoms with E-state index in [2.05, 4.69) is 6.92 Å². The van der Waals surface area contributed by atoms with E-state index >= 15 is 0 Å². The second-order valence-corrected chi connectivity index (χ2v) is 3.61. The molecular formula is C11H16N2OS. The van der Waals surface area contributed by atoms with Gasteiger partial charge in [-0.25, -0.2) is 0 Å². The van der Waals surface area contributed by atoms with Crippen molar-refractivity contribution in [2.75, 3.05) is 18.6 Å². The van der Waals surface area contributed by atoms with E-state index in [9.17, 15) is 0 Å². The fraction of sp³-hybridized carbons (Fsp3) is 0.364. The Hall–Kier alpha value is -1.29. The second-order valence-electron chi connectivity index (χ2n) is 3.19. The summed E-state index contributed by atoms with van der Waals surface area (Å²) in [6, 6.07) is 7.70. The quantitative estimate of drug-likeness (QED) is 0.795. The minimum absolute atomic E-state index is 0.405. The number of nitrogens with zero attached hydrogens (tertiary/aromatic N) is 1. The van der Waals surface area contributed by atoms with Crippen LogP contribution in [0.1, 0.15) is 13.3 Å². The van der Waals surface area contributed by atoms with Gasteiger partial charge in [0.2, 0.25) is 0 Å². The summed E-state index contributed by atoms with van der Waals surface area (Å²) in [4.78, 5) is 1.91. The molecule has 0 aromatic heterocycles. The molecule has 0 atom stereocenters. The molecule has 15 heavy (non-hydrogen) atoms. The number of anilines is 1. The summed E-state index contributed by atoms with van der Waals surface area (Å²) >= 11 is 5.00. The highest BCUT2D eigenvalue weighted by Crippen LogP contribution is 2.19. The largest absolute Gasteiger partial charge is 0.497 e. The van der Waals surface area contributed by atoms with E-state index in [1.165, 1.54) is 0 Å². The van der Waals surface area contributed by atoms with Crippen molar-refractivity contribution in [2.24, 2.45) is 5.73 Å². The fourth-order valence-corrected chi connectivity index (χ4v) is 1.55. The van der Waals surface area contributed by atoms with Crippen molar-refractivity contribution >= 4 is 23.0 Å². The van der Waals surface area contributed by atoms with Crippen LogP contribution in [0.2, 0.25) is 0 Å². The highest BCUT2D eigenvalue weighted by Gasteiger charge is 2.07. The van der Waals surface area contributed by atoms with Crippen LogP contribution in [0, 0.1) is 0 Å². The Morgan fingerprint density at radius 2 is 2.00 bits per heavy atom. The maximum atomic E-state index is 5.65. The first-order chi connectivity index (χ1) is 7.19. The summed E-state index contributed by atoms with van der Waals surface area (Å²) in [6.45, 7) is 2.93. The molecule has 82 valence electrons. The van der Waals surface area contributed by atoms with Crippen LogP contribution in [-0.4, -0.2) is 18.8 Å². The average Bonchev–Trinajstić information content (AvgIpc) is 2.26. The van der Waals surface area contributed by atoms with E-state index in [1.807, 2.05) is 29.2 Å². The minimum atomic E-state index is 0.405. The molecule has 0 unspecified atom stereocenters. The molecule has 0 bridgehead atoms. The molecule has 4 heteroatoms. The summed E-state index contributed by atoms with van der Waals surface area (Å²) in [5, 5.41) is 0.405. The predicted octanol–water partition coefficient (Wildman–Crippen LogP) is 2.16. The molecule has 0 radical (unpaired) electrons. The minimum Gasteiger partial charge on any atom is -0.497 e. The molecule has 0 spiro atoms. The summed E-state index contributed by atoms with van der Waals surface area (Å²) in [7, 11) is 1.65. The van der Waals surface area contributed by atoms with Crippen molar-refractivity contribution < 1.29 is 4.74 Å². The predicted molar refractivity (Wildman–Crippen MR) is 67.4 cm³/mol. The first kappa shape index (κ1) is 11.8. The topological polar surface area (TPSA) is 38.5 Å². The zero-order valence-electron chi connectivity index (χ0n) is 9.06. The van der Waals surface area contributed by atoms with Gasteiger partial charge in [-0.2, -0.15) is 0 Å². The maximum absolute atomic E-state index is 5.65. The lowest BCUT2D eigenvalue weighted by Gasteiger charge is -2.22. The van der Waals surface area contributed by atoms with Crippen molar-refractivity contribution in [1.82, 2.24) is 0 Å². The van der Waals surface area contributed by atoms with Crippen LogP contribution < -0.4 is 15.4 Å². The standard InChI is InChI=1S/C11H16N2OS/c1-3-8-13(11(12)15)9-4-6-10(14-2)7-5-9/h4-7H,3,8H2,1-2H3,(H2,12,15). The van der Waals surface area contributed by atoms with Crippen molar-refractivity contribution in [3.63, 3.8) is 0 Å². The van der Waals surface area contributed by atoms with Gasteiger partial charge in [0.05, 0.1) is 7.11 Å². The number of nitrogens with two attached hydrogens (primary N) is 1. The van der Waals surface area contributed by atoms with E-state index in [0.29, 0.717) is 5.11 Å². The monoisotopic (exact) mass is 224 g/mol. The van der Waals surface area contributed by atoms with Gasteiger partial charge in [-0.15, -0.1) is 0 Å². The lowest BCUT2D eigenvalue weighted by Crippen LogP contribution is -2.35. The van der Waals surface area contributed by atoms with Crippen LogP contribution in [0.3, 0.4) is 0 Å². The molecule has 0 aliphatic heterocycles. The van der Waals surface area contributed by atoms with Gasteiger partial charge in [0.1, 0.15) is 5.75 Å². The van der Waals surface area contributed by atoms with Gasteiger partial charge in [0, 0.05) is 12.2 Å². The normalized spacial score (nSPS) is 9.73. The molecule has 0 aliphatic carbocycles. The number of rotatable bonds is 4. The first-order valence-corrected chi connectivity index (χ1v) is 5.31. The van der Waals surface area contributed by atoms with Crippen LogP contribution in [-0.2, 0) is 0 Å². The number of methoxy groups -OCH3 is 1. The molecule has 0 aliphatic rings. The van der Waals surface area contributed by atoms with E-state index in [-0.39, 0.29) is 0 Å². The number of hydrogen-bond acceptors (Lipinski definition) is 2. The molecule has 0 amide bonds. The third-order valence-electron chi connectivity index (χ3n) is 2.10. The highest BCUT2D eigenvalue weighted by atomic mass is 32.1. The van der Waals surface area contributed by atoms with Crippen LogP contribution in [0.15, 0.2) is 24.3 Å². The summed E-state index contributed by atoms with van der Waals surface area (Å²) in [5.74, 6) is 0.832. The Morgan fingerprint density at radius 1 is 1.40 bits per heavy atom. The van der Waals surface area contributed by atoms with Gasteiger partial charge in [0.15, 0.2) is 5.11 Å². The Labute approximate surface area is 95.8 Å². The van der Waals surface area contributed by atoms with Gasteiger partial charge in [-0.05, 0) is 42.9 Å². The molecule has 2 N–H and O–H groups in total. The number of hydrogen-bond donors (Lipinski definition) is 1. The molecule has 0 heterocycles. The molecule has 3 nitrogen and oxygen atoms in total. The third kappa shape index (κ3) is 3.09. The molecule has 0 fully saturated rings. The Kier molecular flexibility index (Phi) is 4.37. The van der Waals surface area contributed by atoms with Crippen LogP contribution in [0.5, 0.6) is 5.75 Å². The van der Waals surface area contributed by atoms with Crippen molar-refractivity contribution in [2.45, 2.75) is 13.3 Å². The first-order valence-electron chi connectivity index (χ1n) is 4.90. The zero-order valence-corrected chi connectivity index (χ0v) is 9.88. The summed E-state index contributed by atoms with van der Waals surface area (Å²) < 4.78 is 5.09. The second kappa shape index (κ2) is 5.56. The van der Waals surface area contributed by atoms with E-state index in [0.717, 1.165) is 24.4 Å². The maximum Gasteiger partial charge on any atom is 0.170 e.